The van der Waals surface area contributed by atoms with Crippen molar-refractivity contribution in [2.24, 2.45) is 0 Å². The third-order valence-corrected chi connectivity index (χ3v) is 4.15. The van der Waals surface area contributed by atoms with Gasteiger partial charge in [0.2, 0.25) is 0 Å². The summed E-state index contributed by atoms with van der Waals surface area (Å²) in [6.45, 7) is 1.72. The van der Waals surface area contributed by atoms with E-state index < -0.39 is 0 Å². The van der Waals surface area contributed by atoms with Crippen LogP contribution in [0.15, 0.2) is 108 Å². The van der Waals surface area contributed by atoms with E-state index in [1.54, 1.807) is 0 Å². The Morgan fingerprint density at radius 2 is 1.04 bits per heavy atom. The monoisotopic (exact) mass is 310 g/mol. The van der Waals surface area contributed by atoms with Crippen molar-refractivity contribution in [2.45, 2.75) is 13.1 Å². The molecule has 0 saturated heterocycles. The summed E-state index contributed by atoms with van der Waals surface area (Å²) in [7, 11) is 0. The third kappa shape index (κ3) is 3.26. The predicted octanol–water partition coefficient (Wildman–Crippen LogP) is 3.23. The zero-order chi connectivity index (χ0) is 16.2. The van der Waals surface area contributed by atoms with Crippen LogP contribution in [-0.4, -0.2) is 0 Å². The first-order valence-electron chi connectivity index (χ1n) is 8.10. The summed E-state index contributed by atoms with van der Waals surface area (Å²) in [5, 5.41) is 0. The first-order valence-corrected chi connectivity index (χ1v) is 8.10. The van der Waals surface area contributed by atoms with Gasteiger partial charge in [0.15, 0.2) is 37.9 Å². The average Bonchev–Trinajstić information content (AvgIpc) is 3.31. The van der Waals surface area contributed by atoms with Gasteiger partial charge in [-0.25, -0.2) is 9.13 Å². The highest BCUT2D eigenvalue weighted by Crippen LogP contribution is 2.16. The summed E-state index contributed by atoms with van der Waals surface area (Å²) in [6.07, 6.45) is 20.6. The van der Waals surface area contributed by atoms with Gasteiger partial charge < -0.3 is 0 Å². The Hall–Kier alpha value is -3.18. The maximum absolute atomic E-state index is 3.23. The first kappa shape index (κ1) is 14.4. The molecule has 0 aromatic carbocycles. The molecule has 0 N–H and O–H groups in total. The van der Waals surface area contributed by atoms with E-state index in [1.165, 1.54) is 22.3 Å². The highest BCUT2D eigenvalue weighted by Gasteiger charge is 2.08. The van der Waals surface area contributed by atoms with E-state index in [0.717, 1.165) is 13.1 Å². The highest BCUT2D eigenvalue weighted by molar-refractivity contribution is 5.60. The topological polar surface area (TPSA) is 7.76 Å². The molecule has 2 aromatic rings. The number of aromatic nitrogens is 2. The van der Waals surface area contributed by atoms with Crippen LogP contribution in [-0.2, 0) is 13.1 Å². The van der Waals surface area contributed by atoms with Gasteiger partial charge in [0, 0.05) is 24.3 Å². The van der Waals surface area contributed by atoms with Crippen LogP contribution in [0.4, 0.5) is 0 Å². The van der Waals surface area contributed by atoms with E-state index in [9.17, 15) is 0 Å². The summed E-state index contributed by atoms with van der Waals surface area (Å²) in [6, 6.07) is 8.64. The second kappa shape index (κ2) is 6.52. The Morgan fingerprint density at radius 1 is 0.625 bits per heavy atom. The van der Waals surface area contributed by atoms with E-state index in [1.807, 2.05) is 24.3 Å². The Labute approximate surface area is 142 Å². The molecule has 0 fully saturated rings. The van der Waals surface area contributed by atoms with Crippen molar-refractivity contribution in [1.29, 1.82) is 0 Å². The number of hydrogen-bond donors (Lipinski definition) is 0. The van der Waals surface area contributed by atoms with Crippen molar-refractivity contribution in [3.63, 3.8) is 0 Å². The molecule has 2 heterocycles. The van der Waals surface area contributed by atoms with Crippen LogP contribution in [0.25, 0.3) is 11.1 Å². The second-order valence-electron chi connectivity index (χ2n) is 5.91. The van der Waals surface area contributed by atoms with Crippen molar-refractivity contribution in [3.8, 4) is 11.1 Å². The van der Waals surface area contributed by atoms with E-state index in [-0.39, 0.29) is 0 Å². The van der Waals surface area contributed by atoms with Gasteiger partial charge in [0.05, 0.1) is 11.1 Å². The molecule has 0 atom stereocenters. The minimum absolute atomic E-state index is 0.859. The van der Waals surface area contributed by atoms with Gasteiger partial charge in [0.1, 0.15) is 0 Å². The largest absolute Gasteiger partial charge is 0.200 e. The van der Waals surface area contributed by atoms with Crippen molar-refractivity contribution < 1.29 is 9.13 Å². The van der Waals surface area contributed by atoms with Gasteiger partial charge in [-0.15, -0.1) is 11.5 Å². The van der Waals surface area contributed by atoms with Crippen LogP contribution < -0.4 is 9.13 Å². The molecule has 0 spiro atoms. The maximum Gasteiger partial charge on any atom is 0.180 e. The summed E-state index contributed by atoms with van der Waals surface area (Å²) in [4.78, 5) is 0. The lowest BCUT2D eigenvalue weighted by molar-refractivity contribution is -0.688. The Balaban J connectivity index is 1.47. The first-order chi connectivity index (χ1) is 11.9. The van der Waals surface area contributed by atoms with Crippen LogP contribution in [0.5, 0.6) is 0 Å². The Morgan fingerprint density at radius 3 is 1.38 bits per heavy atom. The molecule has 2 nitrogen and oxygen atoms in total. The maximum atomic E-state index is 3.23. The molecular formula is C22H18N2+2. The fourth-order valence-corrected chi connectivity index (χ4v) is 2.84. The number of nitrogens with zero attached hydrogens (tertiary/aromatic N) is 2. The SMILES string of the molecule is C1=CC=CC=1C[n+]1ccc(-c2cc[n+](CC3=C=CC=C3)cc2)cc1. The van der Waals surface area contributed by atoms with Crippen LogP contribution in [0.1, 0.15) is 0 Å². The van der Waals surface area contributed by atoms with Crippen LogP contribution in [0.3, 0.4) is 0 Å². The lowest BCUT2D eigenvalue weighted by Gasteiger charge is -2.01. The standard InChI is InChI=1S/C22H18N2/c1-2-6-19(5-1)17-23-13-9-21(10-14-23)22-11-15-24(16-12-22)18-20-7-3-4-8-20/h1-5,7,9-16H,17-18H2/q+2. The summed E-state index contributed by atoms with van der Waals surface area (Å²) in [5.41, 5.74) is 11.3. The number of pyridine rings is 2. The lowest BCUT2D eigenvalue weighted by atomic mass is 10.1. The van der Waals surface area contributed by atoms with Crippen LogP contribution >= 0.6 is 0 Å². The Kier molecular flexibility index (Phi) is 3.91. The zero-order valence-corrected chi connectivity index (χ0v) is 13.4. The molecular weight excluding hydrogens is 292 g/mol. The van der Waals surface area contributed by atoms with Gasteiger partial charge >= 0.3 is 0 Å². The number of hydrogen-bond acceptors (Lipinski definition) is 0. The minimum atomic E-state index is 0.859. The van der Waals surface area contributed by atoms with E-state index in [0.29, 0.717) is 0 Å². The molecule has 114 valence electrons. The summed E-state index contributed by atoms with van der Waals surface area (Å²) in [5.74, 6) is 0. The van der Waals surface area contributed by atoms with E-state index in [2.05, 4.69) is 81.8 Å². The molecule has 4 rings (SSSR count). The molecule has 2 aromatic heterocycles. The minimum Gasteiger partial charge on any atom is -0.200 e. The fourth-order valence-electron chi connectivity index (χ4n) is 2.84. The van der Waals surface area contributed by atoms with E-state index in [4.69, 9.17) is 0 Å². The molecule has 0 radical (unpaired) electrons. The van der Waals surface area contributed by atoms with Gasteiger partial charge in [-0.3, -0.25) is 0 Å². The van der Waals surface area contributed by atoms with Crippen molar-refractivity contribution >= 4 is 0 Å². The van der Waals surface area contributed by atoms with Crippen LogP contribution in [0.2, 0.25) is 0 Å². The fraction of sp³-hybridized carbons (Fsp3) is 0.0909. The normalized spacial score (nSPS) is 14.3. The molecule has 2 aliphatic carbocycles. The quantitative estimate of drug-likeness (QED) is 0.592. The molecule has 2 heteroatoms. The zero-order valence-electron chi connectivity index (χ0n) is 13.4. The molecule has 24 heavy (non-hydrogen) atoms. The average molecular weight is 310 g/mol. The smallest absolute Gasteiger partial charge is 0.180 e. The summed E-state index contributed by atoms with van der Waals surface area (Å²) < 4.78 is 4.34. The van der Waals surface area contributed by atoms with Crippen LogP contribution in [0, 0.1) is 0 Å². The highest BCUT2D eigenvalue weighted by atomic mass is 14.9. The molecule has 0 amide bonds. The van der Waals surface area contributed by atoms with Gasteiger partial charge in [-0.1, -0.05) is 12.2 Å². The third-order valence-electron chi connectivity index (χ3n) is 4.15. The van der Waals surface area contributed by atoms with Gasteiger partial charge in [-0.05, 0) is 35.4 Å². The lowest BCUT2D eigenvalue weighted by Crippen LogP contribution is -2.33. The van der Waals surface area contributed by atoms with Crippen molar-refractivity contribution in [2.75, 3.05) is 0 Å². The molecule has 0 bridgehead atoms. The summed E-state index contributed by atoms with van der Waals surface area (Å²) >= 11 is 0. The Bertz CT molecular complexity index is 861. The molecule has 0 aliphatic heterocycles. The number of allylic oxidation sites excluding steroid dienone is 6. The predicted molar refractivity (Wildman–Crippen MR) is 93.7 cm³/mol. The van der Waals surface area contributed by atoms with E-state index >= 15 is 0 Å². The number of rotatable bonds is 5. The van der Waals surface area contributed by atoms with Gasteiger partial charge in [0.25, 0.3) is 0 Å². The second-order valence-corrected chi connectivity index (χ2v) is 5.91. The molecule has 0 unspecified atom stereocenters. The molecule has 0 saturated carbocycles. The van der Waals surface area contributed by atoms with Crippen molar-refractivity contribution in [3.05, 3.63) is 108 Å². The van der Waals surface area contributed by atoms with Crippen molar-refractivity contribution in [1.82, 2.24) is 0 Å². The molecule has 2 aliphatic rings. The van der Waals surface area contributed by atoms with Gasteiger partial charge in [-0.2, -0.15) is 0 Å².